The van der Waals surface area contributed by atoms with Crippen LogP contribution in [0, 0.1) is 0 Å². The van der Waals surface area contributed by atoms with Gasteiger partial charge < -0.3 is 14.6 Å². The van der Waals surface area contributed by atoms with Crippen molar-refractivity contribution in [2.75, 3.05) is 13.2 Å². The third-order valence-electron chi connectivity index (χ3n) is 2.94. The summed E-state index contributed by atoms with van der Waals surface area (Å²) >= 11 is 0. The van der Waals surface area contributed by atoms with E-state index in [0.29, 0.717) is 19.8 Å². The molecule has 0 radical (unpaired) electrons. The molecule has 102 valence electrons. The van der Waals surface area contributed by atoms with Gasteiger partial charge >= 0.3 is 0 Å². The van der Waals surface area contributed by atoms with Crippen LogP contribution in [-0.2, 0) is 16.1 Å². The van der Waals surface area contributed by atoms with E-state index in [1.54, 1.807) is 6.08 Å². The summed E-state index contributed by atoms with van der Waals surface area (Å²) in [6.07, 6.45) is 3.93. The number of ether oxygens (including phenoxy) is 2. The first-order valence-electron chi connectivity index (χ1n) is 6.50. The Morgan fingerprint density at radius 3 is 2.79 bits per heavy atom. The molecule has 19 heavy (non-hydrogen) atoms. The van der Waals surface area contributed by atoms with Gasteiger partial charge in [0, 0.05) is 6.42 Å². The van der Waals surface area contributed by atoms with Crippen LogP contribution in [0.2, 0.25) is 0 Å². The highest BCUT2D eigenvalue weighted by Crippen LogP contribution is 2.14. The van der Waals surface area contributed by atoms with E-state index in [1.165, 1.54) is 0 Å². The third-order valence-corrected chi connectivity index (χ3v) is 2.94. The van der Waals surface area contributed by atoms with E-state index in [9.17, 15) is 5.11 Å². The van der Waals surface area contributed by atoms with Gasteiger partial charge in [-0.2, -0.15) is 0 Å². The van der Waals surface area contributed by atoms with Gasteiger partial charge in [0.25, 0.3) is 0 Å². The Morgan fingerprint density at radius 1 is 1.32 bits per heavy atom. The quantitative estimate of drug-likeness (QED) is 0.799. The van der Waals surface area contributed by atoms with Gasteiger partial charge in [-0.1, -0.05) is 49.1 Å². The highest BCUT2D eigenvalue weighted by molar-refractivity contribution is 5.13. The average molecular weight is 260 g/mol. The van der Waals surface area contributed by atoms with Crippen LogP contribution in [0.25, 0.3) is 0 Å². The number of hydrogen-bond donors (Lipinski definition) is 1. The molecule has 1 heterocycles. The molecular weight excluding hydrogens is 240 g/mol. The van der Waals surface area contributed by atoms with Gasteiger partial charge in [0.1, 0.15) is 0 Å². The number of hydrogen-bond acceptors (Lipinski definition) is 3. The molecule has 0 unspecified atom stereocenters. The summed E-state index contributed by atoms with van der Waals surface area (Å²) in [4.78, 5) is 0. The Hall–Kier alpha value is -1.42. The Morgan fingerprint density at radius 2 is 2.11 bits per heavy atom. The zero-order valence-electron chi connectivity index (χ0n) is 11.0. The molecular formula is C16H20O3. The fourth-order valence-corrected chi connectivity index (χ4v) is 1.94. The topological polar surface area (TPSA) is 38.7 Å². The van der Waals surface area contributed by atoms with Gasteiger partial charge in [-0.05, 0) is 11.1 Å². The first-order valence-corrected chi connectivity index (χ1v) is 6.50. The first-order chi connectivity index (χ1) is 9.24. The normalized spacial score (nSPS) is 22.4. The highest BCUT2D eigenvalue weighted by Gasteiger charge is 2.14. The molecule has 0 aliphatic carbocycles. The second-order valence-electron chi connectivity index (χ2n) is 4.76. The predicted octanol–water partition coefficient (Wildman–Crippen LogP) is 2.47. The summed E-state index contributed by atoms with van der Waals surface area (Å²) in [7, 11) is 0. The van der Waals surface area contributed by atoms with Gasteiger partial charge in [0.2, 0.25) is 0 Å². The molecule has 0 bridgehead atoms. The number of aliphatic hydroxyl groups excluding tert-OH is 1. The van der Waals surface area contributed by atoms with Crippen LogP contribution in [0.5, 0.6) is 0 Å². The lowest BCUT2D eigenvalue weighted by Gasteiger charge is -2.21. The SMILES string of the molecule is C=C(COCc1ccccc1)C[C@@H]1C=C[C@@H](O)CO1. The van der Waals surface area contributed by atoms with E-state index in [4.69, 9.17) is 9.47 Å². The number of aliphatic hydroxyl groups is 1. The fraction of sp³-hybridized carbons (Fsp3) is 0.375. The predicted molar refractivity (Wildman–Crippen MR) is 74.7 cm³/mol. The summed E-state index contributed by atoms with van der Waals surface area (Å²) in [5.74, 6) is 0. The molecule has 0 saturated carbocycles. The minimum Gasteiger partial charge on any atom is -0.387 e. The van der Waals surface area contributed by atoms with Gasteiger partial charge in [-0.25, -0.2) is 0 Å². The van der Waals surface area contributed by atoms with Gasteiger partial charge in [-0.15, -0.1) is 0 Å². The van der Waals surface area contributed by atoms with Gasteiger partial charge in [0.05, 0.1) is 32.0 Å². The molecule has 1 aliphatic rings. The summed E-state index contributed by atoms with van der Waals surface area (Å²) in [6, 6.07) is 10.1. The molecule has 1 aliphatic heterocycles. The minimum absolute atomic E-state index is 0.0104. The van der Waals surface area contributed by atoms with Crippen LogP contribution >= 0.6 is 0 Å². The number of rotatable bonds is 6. The minimum atomic E-state index is -0.473. The molecule has 1 aromatic carbocycles. The number of benzene rings is 1. The molecule has 2 atom stereocenters. The fourth-order valence-electron chi connectivity index (χ4n) is 1.94. The average Bonchev–Trinajstić information content (AvgIpc) is 2.43. The van der Waals surface area contributed by atoms with E-state index in [2.05, 4.69) is 6.58 Å². The van der Waals surface area contributed by atoms with Crippen molar-refractivity contribution in [2.24, 2.45) is 0 Å². The standard InChI is InChI=1S/C16H20O3/c1-13(9-16-8-7-15(17)12-19-16)10-18-11-14-5-3-2-4-6-14/h2-8,15-17H,1,9-12H2/t15-,16+/m1/s1. The summed E-state index contributed by atoms with van der Waals surface area (Å²) in [5, 5.41) is 9.27. The first kappa shape index (κ1) is 14.0. The largest absolute Gasteiger partial charge is 0.387 e. The van der Waals surface area contributed by atoms with Crippen LogP contribution in [-0.4, -0.2) is 30.5 Å². The molecule has 0 aromatic heterocycles. The van der Waals surface area contributed by atoms with Crippen LogP contribution in [0.4, 0.5) is 0 Å². The van der Waals surface area contributed by atoms with Crippen molar-refractivity contribution in [2.45, 2.75) is 25.2 Å². The lowest BCUT2D eigenvalue weighted by molar-refractivity contribution is 0.0138. The second kappa shape index (κ2) is 7.24. The molecule has 2 rings (SSSR count). The lowest BCUT2D eigenvalue weighted by Crippen LogP contribution is -2.24. The molecule has 0 amide bonds. The zero-order valence-corrected chi connectivity index (χ0v) is 11.0. The van der Waals surface area contributed by atoms with Crippen molar-refractivity contribution in [1.29, 1.82) is 0 Å². The third kappa shape index (κ3) is 4.99. The molecule has 3 heteroatoms. The van der Waals surface area contributed by atoms with Crippen LogP contribution in [0.1, 0.15) is 12.0 Å². The van der Waals surface area contributed by atoms with Crippen molar-refractivity contribution < 1.29 is 14.6 Å². The van der Waals surface area contributed by atoms with Crippen LogP contribution in [0.15, 0.2) is 54.6 Å². The molecule has 0 saturated heterocycles. The van der Waals surface area contributed by atoms with Gasteiger partial charge in [-0.3, -0.25) is 0 Å². The Bertz CT molecular complexity index is 425. The van der Waals surface area contributed by atoms with Crippen molar-refractivity contribution in [3.8, 4) is 0 Å². The van der Waals surface area contributed by atoms with E-state index >= 15 is 0 Å². The molecule has 0 spiro atoms. The van der Waals surface area contributed by atoms with E-state index in [0.717, 1.165) is 17.6 Å². The summed E-state index contributed by atoms with van der Waals surface area (Å²) < 4.78 is 11.1. The van der Waals surface area contributed by atoms with E-state index in [-0.39, 0.29) is 6.10 Å². The van der Waals surface area contributed by atoms with Crippen LogP contribution in [0.3, 0.4) is 0 Å². The van der Waals surface area contributed by atoms with Crippen molar-refractivity contribution in [3.63, 3.8) is 0 Å². The van der Waals surface area contributed by atoms with Crippen LogP contribution < -0.4 is 0 Å². The highest BCUT2D eigenvalue weighted by atomic mass is 16.5. The maximum Gasteiger partial charge on any atom is 0.0955 e. The lowest BCUT2D eigenvalue weighted by atomic mass is 10.1. The van der Waals surface area contributed by atoms with E-state index in [1.807, 2.05) is 36.4 Å². The maximum absolute atomic E-state index is 9.27. The van der Waals surface area contributed by atoms with E-state index < -0.39 is 6.10 Å². The molecule has 1 aromatic rings. The summed E-state index contributed by atoms with van der Waals surface area (Å²) in [6.45, 7) is 5.49. The van der Waals surface area contributed by atoms with Gasteiger partial charge in [0.15, 0.2) is 0 Å². The molecule has 3 nitrogen and oxygen atoms in total. The molecule has 0 fully saturated rings. The summed E-state index contributed by atoms with van der Waals surface area (Å²) in [5.41, 5.74) is 2.16. The maximum atomic E-state index is 9.27. The Balaban J connectivity index is 1.66. The smallest absolute Gasteiger partial charge is 0.0955 e. The van der Waals surface area contributed by atoms with Crippen molar-refractivity contribution >= 4 is 0 Å². The Labute approximate surface area is 114 Å². The van der Waals surface area contributed by atoms with Crippen molar-refractivity contribution in [3.05, 3.63) is 60.2 Å². The molecule has 1 N–H and O–H groups in total. The zero-order chi connectivity index (χ0) is 13.5. The van der Waals surface area contributed by atoms with Crippen molar-refractivity contribution in [1.82, 2.24) is 0 Å². The second-order valence-corrected chi connectivity index (χ2v) is 4.76. The Kier molecular flexibility index (Phi) is 5.33. The monoisotopic (exact) mass is 260 g/mol.